The molecular formula is C27H20FNO5. The van der Waals surface area contributed by atoms with Crippen molar-refractivity contribution in [1.29, 1.82) is 0 Å². The molecule has 34 heavy (non-hydrogen) atoms. The third-order valence-electron chi connectivity index (χ3n) is 5.87. The van der Waals surface area contributed by atoms with E-state index in [4.69, 9.17) is 9.15 Å². The van der Waals surface area contributed by atoms with E-state index in [1.807, 2.05) is 6.92 Å². The second-order valence-electron chi connectivity index (χ2n) is 8.07. The van der Waals surface area contributed by atoms with Gasteiger partial charge in [-0.05, 0) is 67.9 Å². The third kappa shape index (κ3) is 3.46. The molecule has 0 saturated heterocycles. The molecule has 5 rings (SSSR count). The topological polar surface area (TPSA) is 76.8 Å². The smallest absolute Gasteiger partial charge is 0.338 e. The van der Waals surface area contributed by atoms with Crippen LogP contribution in [0.4, 0.5) is 10.1 Å². The Morgan fingerprint density at radius 1 is 1.03 bits per heavy atom. The van der Waals surface area contributed by atoms with Crippen molar-refractivity contribution >= 4 is 28.5 Å². The maximum absolute atomic E-state index is 13.7. The van der Waals surface area contributed by atoms with Crippen LogP contribution in [0.2, 0.25) is 0 Å². The molecule has 0 N–H and O–H groups in total. The number of carbonyl (C=O) groups is 2. The van der Waals surface area contributed by atoms with Crippen LogP contribution in [0.25, 0.3) is 11.0 Å². The van der Waals surface area contributed by atoms with Gasteiger partial charge in [-0.3, -0.25) is 14.5 Å². The normalized spacial score (nSPS) is 15.0. The first-order valence-corrected chi connectivity index (χ1v) is 10.8. The number of nitrogens with zero attached hydrogens (tertiary/aromatic N) is 1. The monoisotopic (exact) mass is 457 g/mol. The summed E-state index contributed by atoms with van der Waals surface area (Å²) in [5.74, 6) is -1.45. The van der Waals surface area contributed by atoms with Crippen LogP contribution >= 0.6 is 0 Å². The van der Waals surface area contributed by atoms with Gasteiger partial charge in [0.1, 0.15) is 11.4 Å². The van der Waals surface area contributed by atoms with Gasteiger partial charge in [-0.25, -0.2) is 9.18 Å². The van der Waals surface area contributed by atoms with Crippen LogP contribution in [-0.4, -0.2) is 18.5 Å². The minimum atomic E-state index is -0.822. The Hall–Kier alpha value is -4.26. The highest BCUT2D eigenvalue weighted by molar-refractivity contribution is 6.10. The van der Waals surface area contributed by atoms with Gasteiger partial charge in [-0.1, -0.05) is 23.8 Å². The Labute approximate surface area is 194 Å². The molecule has 170 valence electrons. The molecule has 0 fully saturated rings. The number of halogens is 1. The first kappa shape index (κ1) is 21.6. The molecular weight excluding hydrogens is 437 g/mol. The average Bonchev–Trinajstić information content (AvgIpc) is 3.13. The molecule has 0 spiro atoms. The Bertz CT molecular complexity index is 1490. The number of fused-ring (bicyclic) bond motifs is 2. The fourth-order valence-corrected chi connectivity index (χ4v) is 4.29. The van der Waals surface area contributed by atoms with Crippen LogP contribution < -0.4 is 10.3 Å². The second-order valence-corrected chi connectivity index (χ2v) is 8.07. The molecule has 3 aromatic carbocycles. The largest absolute Gasteiger partial charge is 0.462 e. The van der Waals surface area contributed by atoms with E-state index in [0.29, 0.717) is 27.8 Å². The lowest BCUT2D eigenvalue weighted by atomic mass is 9.98. The van der Waals surface area contributed by atoms with E-state index in [9.17, 15) is 18.8 Å². The molecule has 0 saturated carbocycles. The van der Waals surface area contributed by atoms with Crippen molar-refractivity contribution in [1.82, 2.24) is 0 Å². The van der Waals surface area contributed by atoms with Gasteiger partial charge >= 0.3 is 5.97 Å². The number of benzene rings is 3. The van der Waals surface area contributed by atoms with Gasteiger partial charge in [0.05, 0.1) is 29.2 Å². The van der Waals surface area contributed by atoms with Crippen molar-refractivity contribution in [2.75, 3.05) is 11.5 Å². The van der Waals surface area contributed by atoms with Crippen molar-refractivity contribution in [2.45, 2.75) is 19.9 Å². The van der Waals surface area contributed by atoms with E-state index in [1.54, 1.807) is 61.5 Å². The van der Waals surface area contributed by atoms with Crippen LogP contribution in [0, 0.1) is 12.7 Å². The number of rotatable bonds is 4. The molecule has 1 aliphatic rings. The SMILES string of the molecule is CCOC(=O)c1ccc(N2C(=O)c3oc4ccc(C)cc4c(=O)c3C2c2ccc(F)cc2)cc1. The van der Waals surface area contributed by atoms with Crippen LogP contribution in [0.1, 0.15) is 50.6 Å². The van der Waals surface area contributed by atoms with Gasteiger partial charge in [0.2, 0.25) is 5.76 Å². The molecule has 0 aliphatic carbocycles. The summed E-state index contributed by atoms with van der Waals surface area (Å²) in [7, 11) is 0. The van der Waals surface area contributed by atoms with E-state index < -0.39 is 23.7 Å². The Kier molecular flexibility index (Phi) is 5.24. The summed E-state index contributed by atoms with van der Waals surface area (Å²) in [4.78, 5) is 40.6. The zero-order valence-corrected chi connectivity index (χ0v) is 18.5. The lowest BCUT2D eigenvalue weighted by molar-refractivity contribution is 0.0526. The van der Waals surface area contributed by atoms with E-state index in [2.05, 4.69) is 0 Å². The number of ether oxygens (including phenoxy) is 1. The number of anilines is 1. The van der Waals surface area contributed by atoms with Gasteiger partial charge < -0.3 is 9.15 Å². The van der Waals surface area contributed by atoms with E-state index in [-0.39, 0.29) is 23.4 Å². The summed E-state index contributed by atoms with van der Waals surface area (Å²) in [6.45, 7) is 3.83. The minimum absolute atomic E-state index is 0.0508. The lowest BCUT2D eigenvalue weighted by Gasteiger charge is -2.25. The number of hydrogen-bond acceptors (Lipinski definition) is 5. The maximum atomic E-state index is 13.7. The molecule has 1 amide bonds. The fraction of sp³-hybridized carbons (Fsp3) is 0.148. The Morgan fingerprint density at radius 3 is 2.41 bits per heavy atom. The molecule has 4 aromatic rings. The van der Waals surface area contributed by atoms with E-state index >= 15 is 0 Å². The summed E-state index contributed by atoms with van der Waals surface area (Å²) in [6.07, 6.45) is 0. The van der Waals surface area contributed by atoms with Crippen LogP contribution in [0.5, 0.6) is 0 Å². The summed E-state index contributed by atoms with van der Waals surface area (Å²) >= 11 is 0. The molecule has 0 radical (unpaired) electrons. The number of hydrogen-bond donors (Lipinski definition) is 0. The highest BCUT2D eigenvalue weighted by Gasteiger charge is 2.43. The molecule has 6 nitrogen and oxygen atoms in total. The zero-order chi connectivity index (χ0) is 24.0. The quantitative estimate of drug-likeness (QED) is 0.395. The highest BCUT2D eigenvalue weighted by atomic mass is 19.1. The minimum Gasteiger partial charge on any atom is -0.462 e. The molecule has 2 heterocycles. The maximum Gasteiger partial charge on any atom is 0.338 e. The number of aryl methyl sites for hydroxylation is 1. The van der Waals surface area contributed by atoms with Crippen molar-refractivity contribution in [3.8, 4) is 0 Å². The molecule has 7 heteroatoms. The number of carbonyl (C=O) groups excluding carboxylic acids is 2. The summed E-state index contributed by atoms with van der Waals surface area (Å²) < 4.78 is 24.6. The highest BCUT2D eigenvalue weighted by Crippen LogP contribution is 2.41. The molecule has 1 aromatic heterocycles. The molecule has 1 aliphatic heterocycles. The Balaban J connectivity index is 1.70. The van der Waals surface area contributed by atoms with E-state index in [0.717, 1.165) is 5.56 Å². The molecule has 1 unspecified atom stereocenters. The lowest BCUT2D eigenvalue weighted by Crippen LogP contribution is -2.29. The predicted molar refractivity (Wildman–Crippen MR) is 125 cm³/mol. The van der Waals surface area contributed by atoms with Gasteiger partial charge in [0.15, 0.2) is 5.43 Å². The zero-order valence-electron chi connectivity index (χ0n) is 18.5. The van der Waals surface area contributed by atoms with Gasteiger partial charge in [-0.2, -0.15) is 0 Å². The van der Waals surface area contributed by atoms with Crippen LogP contribution in [0.15, 0.2) is 75.9 Å². The summed E-state index contributed by atoms with van der Waals surface area (Å²) in [5, 5.41) is 0.373. The standard InChI is InChI=1S/C27H20FNO5/c1-3-33-27(32)17-7-11-19(12-8-17)29-23(16-5-9-18(28)10-6-16)22-24(30)20-14-15(2)4-13-21(20)34-25(22)26(29)31/h4-14,23H,3H2,1-2H3. The fourth-order valence-electron chi connectivity index (χ4n) is 4.29. The Morgan fingerprint density at radius 2 is 1.74 bits per heavy atom. The van der Waals surface area contributed by atoms with Crippen LogP contribution in [-0.2, 0) is 4.74 Å². The first-order valence-electron chi connectivity index (χ1n) is 10.8. The number of amides is 1. The van der Waals surface area contributed by atoms with Crippen molar-refractivity contribution in [2.24, 2.45) is 0 Å². The third-order valence-corrected chi connectivity index (χ3v) is 5.87. The van der Waals surface area contributed by atoms with Crippen molar-refractivity contribution < 1.29 is 23.1 Å². The van der Waals surface area contributed by atoms with Crippen molar-refractivity contribution in [3.63, 3.8) is 0 Å². The van der Waals surface area contributed by atoms with Crippen LogP contribution in [0.3, 0.4) is 0 Å². The van der Waals surface area contributed by atoms with Gasteiger partial charge in [-0.15, -0.1) is 0 Å². The average molecular weight is 457 g/mol. The predicted octanol–water partition coefficient (Wildman–Crippen LogP) is 5.17. The second kappa shape index (κ2) is 8.26. The molecule has 1 atom stereocenters. The molecule has 0 bridgehead atoms. The van der Waals surface area contributed by atoms with E-state index in [1.165, 1.54) is 17.0 Å². The summed E-state index contributed by atoms with van der Waals surface area (Å²) in [6, 6.07) is 16.4. The summed E-state index contributed by atoms with van der Waals surface area (Å²) in [5.41, 5.74) is 2.44. The van der Waals surface area contributed by atoms with Gasteiger partial charge in [0, 0.05) is 5.69 Å². The van der Waals surface area contributed by atoms with Gasteiger partial charge in [0.25, 0.3) is 5.91 Å². The first-order chi connectivity index (χ1) is 16.4. The van der Waals surface area contributed by atoms with Crippen molar-refractivity contribution in [3.05, 3.63) is 111 Å². The number of esters is 1.